The second-order valence-electron chi connectivity index (χ2n) is 7.45. The van der Waals surface area contributed by atoms with Crippen LogP contribution in [0.25, 0.3) is 48.0 Å². The zero-order chi connectivity index (χ0) is 20.9. The highest BCUT2D eigenvalue weighted by atomic mass is 32.1. The first kappa shape index (κ1) is 17.9. The summed E-state index contributed by atoms with van der Waals surface area (Å²) in [4.78, 5) is 12.4. The fraction of sp³-hybridized carbons (Fsp3) is 0. The minimum Gasteiger partial charge on any atom is -0.309 e. The summed E-state index contributed by atoms with van der Waals surface area (Å²) in [5, 5.41) is 14.9. The van der Waals surface area contributed by atoms with Crippen molar-refractivity contribution in [3.05, 3.63) is 107 Å². The molecule has 4 nitrogen and oxygen atoms in total. The molecule has 0 saturated heterocycles. The van der Waals surface area contributed by atoms with Crippen LogP contribution in [0.4, 0.5) is 5.69 Å². The Hall–Kier alpha value is -3.96. The van der Waals surface area contributed by atoms with Gasteiger partial charge in [0.2, 0.25) is 0 Å². The summed E-state index contributed by atoms with van der Waals surface area (Å²) in [6.07, 6.45) is 0. The van der Waals surface area contributed by atoms with Crippen molar-refractivity contribution >= 4 is 48.9 Å². The van der Waals surface area contributed by atoms with Gasteiger partial charge in [-0.15, -0.1) is 11.3 Å². The molecule has 5 heteroatoms. The molecule has 0 aliphatic carbocycles. The molecular formula is C26H16N2O2S. The van der Waals surface area contributed by atoms with E-state index in [9.17, 15) is 10.1 Å². The number of fused-ring (bicyclic) bond motifs is 4. The minimum atomic E-state index is -0.258. The maximum absolute atomic E-state index is 11.9. The van der Waals surface area contributed by atoms with Gasteiger partial charge >= 0.3 is 0 Å². The molecule has 0 fully saturated rings. The molecule has 0 aliphatic heterocycles. The average molecular weight is 420 g/mol. The highest BCUT2D eigenvalue weighted by molar-refractivity contribution is 7.23. The molecule has 2 heterocycles. The van der Waals surface area contributed by atoms with E-state index in [4.69, 9.17) is 0 Å². The van der Waals surface area contributed by atoms with Gasteiger partial charge < -0.3 is 4.57 Å². The van der Waals surface area contributed by atoms with Gasteiger partial charge in [-0.3, -0.25) is 10.1 Å². The Kier molecular flexibility index (Phi) is 3.91. The molecule has 31 heavy (non-hydrogen) atoms. The van der Waals surface area contributed by atoms with E-state index in [1.165, 1.54) is 11.3 Å². The molecular weight excluding hydrogens is 404 g/mol. The third kappa shape index (κ3) is 2.67. The van der Waals surface area contributed by atoms with Crippen molar-refractivity contribution < 1.29 is 4.92 Å². The van der Waals surface area contributed by atoms with Gasteiger partial charge in [-0.1, -0.05) is 54.6 Å². The van der Waals surface area contributed by atoms with E-state index < -0.39 is 0 Å². The number of rotatable bonds is 3. The van der Waals surface area contributed by atoms with Crippen LogP contribution in [0.15, 0.2) is 97.1 Å². The summed E-state index contributed by atoms with van der Waals surface area (Å²) < 4.78 is 3.17. The number of nitro groups is 1. The highest BCUT2D eigenvalue weighted by Gasteiger charge is 2.24. The van der Waals surface area contributed by atoms with Crippen LogP contribution in [-0.4, -0.2) is 9.49 Å². The van der Waals surface area contributed by atoms with Crippen molar-refractivity contribution in [1.82, 2.24) is 4.57 Å². The quantitative estimate of drug-likeness (QED) is 0.219. The third-order valence-corrected chi connectivity index (χ3v) is 6.91. The van der Waals surface area contributed by atoms with Crippen LogP contribution in [0.3, 0.4) is 0 Å². The van der Waals surface area contributed by atoms with Gasteiger partial charge in [0, 0.05) is 21.2 Å². The number of aromatic nitrogens is 1. The van der Waals surface area contributed by atoms with Crippen molar-refractivity contribution in [1.29, 1.82) is 0 Å². The summed E-state index contributed by atoms with van der Waals surface area (Å²) in [6.45, 7) is 0. The third-order valence-electron chi connectivity index (χ3n) is 5.70. The van der Waals surface area contributed by atoms with Crippen molar-refractivity contribution in [2.75, 3.05) is 0 Å². The Balaban J connectivity index is 1.67. The Morgan fingerprint density at radius 2 is 1.39 bits per heavy atom. The maximum Gasteiger partial charge on any atom is 0.295 e. The molecule has 0 bridgehead atoms. The molecule has 0 radical (unpaired) electrons. The van der Waals surface area contributed by atoms with E-state index in [1.54, 1.807) is 0 Å². The van der Waals surface area contributed by atoms with Crippen LogP contribution >= 0.6 is 11.3 Å². The summed E-state index contributed by atoms with van der Waals surface area (Å²) in [5.74, 6) is 0. The number of thiophene rings is 1. The molecule has 0 amide bonds. The summed E-state index contributed by atoms with van der Waals surface area (Å²) in [6, 6.07) is 32.3. The zero-order valence-corrected chi connectivity index (χ0v) is 17.2. The lowest BCUT2D eigenvalue weighted by Gasteiger charge is -2.07. The molecule has 6 aromatic rings. The Morgan fingerprint density at radius 1 is 0.710 bits per heavy atom. The van der Waals surface area contributed by atoms with E-state index >= 15 is 0 Å². The summed E-state index contributed by atoms with van der Waals surface area (Å²) in [5.41, 5.74) is 4.35. The van der Waals surface area contributed by atoms with Crippen LogP contribution in [0, 0.1) is 10.1 Å². The summed E-state index contributed by atoms with van der Waals surface area (Å²) in [7, 11) is 0. The molecule has 2 aromatic heterocycles. The van der Waals surface area contributed by atoms with Crippen molar-refractivity contribution in [3.8, 4) is 16.1 Å². The Morgan fingerprint density at radius 3 is 2.19 bits per heavy atom. The number of hydrogen-bond donors (Lipinski definition) is 0. The van der Waals surface area contributed by atoms with Crippen LogP contribution < -0.4 is 0 Å². The van der Waals surface area contributed by atoms with E-state index in [0.717, 1.165) is 37.8 Å². The molecule has 6 rings (SSSR count). The van der Waals surface area contributed by atoms with Gasteiger partial charge in [-0.2, -0.15) is 0 Å². The molecule has 0 N–H and O–H groups in total. The van der Waals surface area contributed by atoms with Crippen LogP contribution in [0.5, 0.6) is 0 Å². The number of para-hydroxylation sites is 2. The lowest BCUT2D eigenvalue weighted by molar-refractivity contribution is -0.382. The predicted molar refractivity (Wildman–Crippen MR) is 128 cm³/mol. The SMILES string of the molecule is O=[N+]([O-])c1c(-c2ccc3c(c2)c2ccccc2n3-c2ccccc2)sc2ccccc12. The fourth-order valence-corrected chi connectivity index (χ4v) is 5.55. The van der Waals surface area contributed by atoms with Gasteiger partial charge in [-0.25, -0.2) is 0 Å². The largest absolute Gasteiger partial charge is 0.309 e. The standard InChI is InChI=1S/C26H16N2O2S/c29-28(30)25-20-11-5-7-13-24(20)31-26(25)17-14-15-23-21(16-17)19-10-4-6-12-22(19)27(23)18-8-2-1-3-9-18/h1-16H. The topological polar surface area (TPSA) is 48.1 Å². The van der Waals surface area contributed by atoms with Crippen LogP contribution in [0.2, 0.25) is 0 Å². The molecule has 148 valence electrons. The van der Waals surface area contributed by atoms with Crippen LogP contribution in [0.1, 0.15) is 0 Å². The Labute approximate surface area is 181 Å². The normalized spacial score (nSPS) is 11.5. The van der Waals surface area contributed by atoms with Gasteiger partial charge in [-0.05, 0) is 48.0 Å². The second-order valence-corrected chi connectivity index (χ2v) is 8.51. The molecule has 0 unspecified atom stereocenters. The van der Waals surface area contributed by atoms with E-state index in [1.807, 2.05) is 60.7 Å². The van der Waals surface area contributed by atoms with Gasteiger partial charge in [0.05, 0.1) is 21.3 Å². The first-order chi connectivity index (χ1) is 15.2. The van der Waals surface area contributed by atoms with Crippen molar-refractivity contribution in [3.63, 3.8) is 0 Å². The van der Waals surface area contributed by atoms with Gasteiger partial charge in [0.25, 0.3) is 5.69 Å². The first-order valence-electron chi connectivity index (χ1n) is 9.97. The first-order valence-corrected chi connectivity index (χ1v) is 10.8. The van der Waals surface area contributed by atoms with Gasteiger partial charge in [0.1, 0.15) is 4.88 Å². The van der Waals surface area contributed by atoms with Crippen LogP contribution in [-0.2, 0) is 0 Å². The second kappa shape index (κ2) is 6.79. The average Bonchev–Trinajstić information content (AvgIpc) is 3.35. The Bertz CT molecular complexity index is 1610. The van der Waals surface area contributed by atoms with E-state index in [-0.39, 0.29) is 10.6 Å². The molecule has 0 atom stereocenters. The van der Waals surface area contributed by atoms with E-state index in [0.29, 0.717) is 10.3 Å². The zero-order valence-electron chi connectivity index (χ0n) is 16.4. The number of benzene rings is 4. The summed E-state index contributed by atoms with van der Waals surface area (Å²) >= 11 is 1.47. The monoisotopic (exact) mass is 420 g/mol. The van der Waals surface area contributed by atoms with Gasteiger partial charge in [0.15, 0.2) is 0 Å². The van der Waals surface area contributed by atoms with Crippen molar-refractivity contribution in [2.24, 2.45) is 0 Å². The number of nitrogens with zero attached hydrogens (tertiary/aromatic N) is 2. The molecule has 0 saturated carbocycles. The molecule has 4 aromatic carbocycles. The number of hydrogen-bond acceptors (Lipinski definition) is 3. The predicted octanol–water partition coefficient (Wildman–Crippen LogP) is 7.57. The lowest BCUT2D eigenvalue weighted by atomic mass is 10.1. The minimum absolute atomic E-state index is 0.187. The highest BCUT2D eigenvalue weighted by Crippen LogP contribution is 2.45. The lowest BCUT2D eigenvalue weighted by Crippen LogP contribution is -1.93. The van der Waals surface area contributed by atoms with E-state index in [2.05, 4.69) is 41.0 Å². The maximum atomic E-state index is 11.9. The molecule has 0 aliphatic rings. The molecule has 0 spiro atoms. The fourth-order valence-electron chi connectivity index (χ4n) is 4.38. The smallest absolute Gasteiger partial charge is 0.295 e. The van der Waals surface area contributed by atoms with Crippen molar-refractivity contribution in [2.45, 2.75) is 0 Å².